The summed E-state index contributed by atoms with van der Waals surface area (Å²) in [6.07, 6.45) is 0. The van der Waals surface area contributed by atoms with Crippen LogP contribution in [0.2, 0.25) is 0 Å². The number of nitrogens with zero attached hydrogens (tertiary/aromatic N) is 1. The Kier molecular flexibility index (Phi) is 2.73. The molecule has 1 rings (SSSR count). The van der Waals surface area contributed by atoms with Gasteiger partial charge < -0.3 is 10.1 Å². The number of rotatable bonds is 1. The Bertz CT molecular complexity index is 189. The molecule has 1 N–H and O–H groups in total. The second-order valence-corrected chi connectivity index (χ2v) is 2.39. The van der Waals surface area contributed by atoms with Crippen molar-refractivity contribution in [3.63, 3.8) is 0 Å². The second kappa shape index (κ2) is 3.59. The van der Waals surface area contributed by atoms with Crippen LogP contribution >= 0.6 is 0 Å². The molecule has 1 heterocycles. The fourth-order valence-corrected chi connectivity index (χ4v) is 1.12. The van der Waals surface area contributed by atoms with Gasteiger partial charge in [-0.1, -0.05) is 0 Å². The van der Waals surface area contributed by atoms with Gasteiger partial charge in [0.1, 0.15) is 6.61 Å². The van der Waals surface area contributed by atoms with E-state index in [0.717, 1.165) is 0 Å². The van der Waals surface area contributed by atoms with E-state index < -0.39 is 0 Å². The Morgan fingerprint density at radius 3 is 2.91 bits per heavy atom. The van der Waals surface area contributed by atoms with Crippen molar-refractivity contribution in [3.8, 4) is 0 Å². The molecule has 0 aliphatic carbocycles. The van der Waals surface area contributed by atoms with Crippen molar-refractivity contribution < 1.29 is 9.53 Å². The maximum absolute atomic E-state index is 11.1. The number of Topliss-reactive ketones (excluding diaryl/α,β-unsaturated/α-hetero) is 1. The normalized spacial score (nSPS) is 29.5. The van der Waals surface area contributed by atoms with Gasteiger partial charge in [0.05, 0.1) is 18.4 Å². The van der Waals surface area contributed by atoms with Crippen LogP contribution in [0.3, 0.4) is 0 Å². The van der Waals surface area contributed by atoms with Gasteiger partial charge in [-0.2, -0.15) is 0 Å². The number of aliphatic imine (C=N–C) groups is 1. The van der Waals surface area contributed by atoms with Gasteiger partial charge in [-0.15, -0.1) is 0 Å². The molecule has 0 saturated carbocycles. The van der Waals surface area contributed by atoms with E-state index in [1.165, 1.54) is 0 Å². The van der Waals surface area contributed by atoms with Crippen molar-refractivity contribution in [2.75, 3.05) is 27.3 Å². The summed E-state index contributed by atoms with van der Waals surface area (Å²) >= 11 is 0. The zero-order chi connectivity index (χ0) is 8.27. The molecule has 1 aliphatic rings. The molecule has 11 heavy (non-hydrogen) atoms. The number of ether oxygens (including phenoxy) is 1. The summed E-state index contributed by atoms with van der Waals surface area (Å²) in [6.45, 7) is 0.708. The number of carbonyl (C=O) groups is 1. The fraction of sp³-hybridized carbons (Fsp3) is 0.714. The Hall–Kier alpha value is -0.740. The summed E-state index contributed by atoms with van der Waals surface area (Å²) in [5.41, 5.74) is 0.596. The third kappa shape index (κ3) is 1.64. The average Bonchev–Trinajstić information content (AvgIpc) is 2.04. The van der Waals surface area contributed by atoms with Crippen LogP contribution in [0.15, 0.2) is 4.99 Å². The number of likely N-dealkylation sites (N-methyl/N-ethyl adjacent to an activating group) is 1. The highest BCUT2D eigenvalue weighted by Gasteiger charge is 2.25. The van der Waals surface area contributed by atoms with Crippen LogP contribution in [0.1, 0.15) is 0 Å². The summed E-state index contributed by atoms with van der Waals surface area (Å²) in [5.74, 6) is -0.0156. The van der Waals surface area contributed by atoms with Crippen LogP contribution in [0.5, 0.6) is 0 Å². The van der Waals surface area contributed by atoms with Gasteiger partial charge in [0, 0.05) is 7.05 Å². The first-order chi connectivity index (χ1) is 5.29. The molecule has 0 amide bonds. The molecule has 62 valence electrons. The van der Waals surface area contributed by atoms with E-state index in [4.69, 9.17) is 4.74 Å². The number of hydrogen-bond donors (Lipinski definition) is 1. The third-order valence-electron chi connectivity index (χ3n) is 1.72. The fourth-order valence-electron chi connectivity index (χ4n) is 1.12. The molecule has 1 saturated heterocycles. The summed E-state index contributed by atoms with van der Waals surface area (Å²) in [5, 5.41) is 2.96. The third-order valence-corrected chi connectivity index (χ3v) is 1.72. The number of carbonyl (C=O) groups excluding carboxylic acids is 1. The molecule has 1 fully saturated rings. The van der Waals surface area contributed by atoms with Crippen LogP contribution in [0.4, 0.5) is 0 Å². The Morgan fingerprint density at radius 1 is 1.73 bits per heavy atom. The predicted octanol–water partition coefficient (Wildman–Crippen LogP) is -0.755. The maximum Gasteiger partial charge on any atom is 0.203 e. The Morgan fingerprint density at radius 2 is 2.45 bits per heavy atom. The van der Waals surface area contributed by atoms with Crippen LogP contribution < -0.4 is 5.32 Å². The van der Waals surface area contributed by atoms with Gasteiger partial charge in [0.15, 0.2) is 0 Å². The molecule has 0 bridgehead atoms. The van der Waals surface area contributed by atoms with Gasteiger partial charge in [-0.3, -0.25) is 9.79 Å². The first-order valence-electron chi connectivity index (χ1n) is 3.54. The molecular formula is C7H12N2O2. The smallest absolute Gasteiger partial charge is 0.203 e. The lowest BCUT2D eigenvalue weighted by molar-refractivity contribution is -0.119. The standard InChI is InChI=1S/C7H12N2O2/c1-8-5-3-11-4-6(10)7(5)9-2/h5,8H,3-4H2,1-2H3. The highest BCUT2D eigenvalue weighted by Crippen LogP contribution is 1.99. The highest BCUT2D eigenvalue weighted by molar-refractivity contribution is 6.42. The summed E-state index contributed by atoms with van der Waals surface area (Å²) in [7, 11) is 3.42. The number of hydrogen-bond acceptors (Lipinski definition) is 4. The van der Waals surface area contributed by atoms with E-state index in [9.17, 15) is 4.79 Å². The van der Waals surface area contributed by atoms with E-state index >= 15 is 0 Å². The van der Waals surface area contributed by atoms with Crippen molar-refractivity contribution in [1.82, 2.24) is 5.32 Å². The molecule has 1 atom stereocenters. The summed E-state index contributed by atoms with van der Waals surface area (Å²) in [6, 6.07) is -0.0266. The average molecular weight is 156 g/mol. The first-order valence-corrected chi connectivity index (χ1v) is 3.54. The molecule has 0 aromatic heterocycles. The predicted molar refractivity (Wildman–Crippen MR) is 42.0 cm³/mol. The minimum Gasteiger partial charge on any atom is -0.371 e. The van der Waals surface area contributed by atoms with Crippen molar-refractivity contribution in [2.24, 2.45) is 4.99 Å². The van der Waals surface area contributed by atoms with Crippen molar-refractivity contribution in [3.05, 3.63) is 0 Å². The van der Waals surface area contributed by atoms with Gasteiger partial charge >= 0.3 is 0 Å². The molecule has 1 aliphatic heterocycles. The topological polar surface area (TPSA) is 50.7 Å². The lowest BCUT2D eigenvalue weighted by Crippen LogP contribution is -2.47. The second-order valence-electron chi connectivity index (χ2n) is 2.39. The Balaban J connectivity index is 2.72. The SMILES string of the molecule is CN=C1C(=O)COCC1NC. The minimum atomic E-state index is -0.0266. The number of ketones is 1. The lowest BCUT2D eigenvalue weighted by Gasteiger charge is -2.22. The van der Waals surface area contributed by atoms with Crippen molar-refractivity contribution in [1.29, 1.82) is 0 Å². The van der Waals surface area contributed by atoms with Crippen LogP contribution in [-0.2, 0) is 9.53 Å². The van der Waals surface area contributed by atoms with E-state index in [0.29, 0.717) is 12.3 Å². The molecule has 0 aromatic rings. The monoisotopic (exact) mass is 156 g/mol. The Labute approximate surface area is 65.6 Å². The molecule has 0 radical (unpaired) electrons. The zero-order valence-corrected chi connectivity index (χ0v) is 6.76. The largest absolute Gasteiger partial charge is 0.371 e. The van der Waals surface area contributed by atoms with Crippen molar-refractivity contribution in [2.45, 2.75) is 6.04 Å². The first kappa shape index (κ1) is 8.36. The quantitative estimate of drug-likeness (QED) is 0.543. The van der Waals surface area contributed by atoms with Gasteiger partial charge in [-0.05, 0) is 7.05 Å². The maximum atomic E-state index is 11.1. The molecule has 0 spiro atoms. The van der Waals surface area contributed by atoms with Crippen LogP contribution in [0, 0.1) is 0 Å². The van der Waals surface area contributed by atoms with E-state index in [1.54, 1.807) is 14.1 Å². The zero-order valence-electron chi connectivity index (χ0n) is 6.76. The van der Waals surface area contributed by atoms with Crippen LogP contribution in [-0.4, -0.2) is 44.8 Å². The lowest BCUT2D eigenvalue weighted by atomic mass is 10.1. The van der Waals surface area contributed by atoms with Gasteiger partial charge in [0.2, 0.25) is 5.78 Å². The van der Waals surface area contributed by atoms with Gasteiger partial charge in [-0.25, -0.2) is 0 Å². The van der Waals surface area contributed by atoms with Crippen LogP contribution in [0.25, 0.3) is 0 Å². The molecule has 4 heteroatoms. The minimum absolute atomic E-state index is 0.0156. The summed E-state index contributed by atoms with van der Waals surface area (Å²) < 4.78 is 5.02. The summed E-state index contributed by atoms with van der Waals surface area (Å²) in [4.78, 5) is 15.0. The van der Waals surface area contributed by atoms with Gasteiger partial charge in [0.25, 0.3) is 0 Å². The molecule has 4 nitrogen and oxygen atoms in total. The highest BCUT2D eigenvalue weighted by atomic mass is 16.5. The molecular weight excluding hydrogens is 144 g/mol. The molecule has 0 aromatic carbocycles. The van der Waals surface area contributed by atoms with E-state index in [2.05, 4.69) is 10.3 Å². The molecule has 1 unspecified atom stereocenters. The number of nitrogens with one attached hydrogen (secondary N) is 1. The van der Waals surface area contributed by atoms with Crippen molar-refractivity contribution >= 4 is 11.5 Å². The van der Waals surface area contributed by atoms with E-state index in [1.807, 2.05) is 0 Å². The van der Waals surface area contributed by atoms with E-state index in [-0.39, 0.29) is 18.4 Å².